The van der Waals surface area contributed by atoms with E-state index in [1.165, 1.54) is 19.3 Å². The van der Waals surface area contributed by atoms with Gasteiger partial charge in [-0.2, -0.15) is 4.98 Å². The lowest BCUT2D eigenvalue weighted by molar-refractivity contribution is 0.122. The molecular formula is C21H29N5O2. The molecule has 2 aromatic rings. The first-order valence-corrected chi connectivity index (χ1v) is 10.2. The fraction of sp³-hybridized carbons (Fsp3) is 0.524. The van der Waals surface area contributed by atoms with E-state index in [-0.39, 0.29) is 11.7 Å². The number of nitrogens with two attached hydrogens (primary N) is 1. The number of benzene rings is 1. The second-order valence-corrected chi connectivity index (χ2v) is 7.64. The number of rotatable bonds is 5. The Balaban J connectivity index is 1.54. The Labute approximate surface area is 165 Å². The summed E-state index contributed by atoms with van der Waals surface area (Å²) in [5.41, 5.74) is 8.71. The van der Waals surface area contributed by atoms with Gasteiger partial charge in [-0.15, -0.1) is 0 Å². The van der Waals surface area contributed by atoms with Crippen molar-refractivity contribution in [3.05, 3.63) is 29.8 Å². The molecule has 2 fully saturated rings. The number of aryl methyl sites for hydroxylation is 1. The van der Waals surface area contributed by atoms with Crippen LogP contribution in [0.5, 0.6) is 5.75 Å². The summed E-state index contributed by atoms with van der Waals surface area (Å²) in [6.45, 7) is 4.06. The van der Waals surface area contributed by atoms with Crippen molar-refractivity contribution < 1.29 is 9.84 Å². The largest absolute Gasteiger partial charge is 0.508 e. The van der Waals surface area contributed by atoms with E-state index in [0.717, 1.165) is 55.1 Å². The van der Waals surface area contributed by atoms with Gasteiger partial charge in [-0.1, -0.05) is 6.42 Å². The summed E-state index contributed by atoms with van der Waals surface area (Å²) in [7, 11) is 0. The third kappa shape index (κ3) is 4.72. The van der Waals surface area contributed by atoms with Crippen molar-refractivity contribution in [2.75, 3.05) is 43.5 Å². The molecule has 3 heterocycles. The highest BCUT2D eigenvalue weighted by Gasteiger charge is 2.16. The summed E-state index contributed by atoms with van der Waals surface area (Å²) < 4.78 is 5.42. The van der Waals surface area contributed by atoms with E-state index in [1.807, 2.05) is 12.1 Å². The molecule has 28 heavy (non-hydrogen) atoms. The van der Waals surface area contributed by atoms with Gasteiger partial charge in [0.2, 0.25) is 5.95 Å². The van der Waals surface area contributed by atoms with Crippen LogP contribution in [0.1, 0.15) is 31.2 Å². The Morgan fingerprint density at radius 1 is 1.14 bits per heavy atom. The molecular weight excluding hydrogens is 354 g/mol. The molecule has 0 saturated carbocycles. The molecule has 0 bridgehead atoms. The molecule has 150 valence electrons. The minimum atomic E-state index is 0.246. The molecule has 0 radical (unpaired) electrons. The van der Waals surface area contributed by atoms with E-state index in [4.69, 9.17) is 10.5 Å². The fourth-order valence-electron chi connectivity index (χ4n) is 4.03. The molecule has 4 rings (SSSR count). The van der Waals surface area contributed by atoms with Crippen LogP contribution in [0.25, 0.3) is 11.3 Å². The number of ether oxygens (including phenoxy) is 1. The molecule has 0 aliphatic carbocycles. The smallest absolute Gasteiger partial charge is 0.222 e. The number of hydrogen-bond acceptors (Lipinski definition) is 7. The molecule has 4 N–H and O–H groups in total. The Morgan fingerprint density at radius 2 is 2.00 bits per heavy atom. The average molecular weight is 383 g/mol. The van der Waals surface area contributed by atoms with E-state index in [1.54, 1.807) is 6.07 Å². The van der Waals surface area contributed by atoms with Gasteiger partial charge in [-0.3, -0.25) is 0 Å². The summed E-state index contributed by atoms with van der Waals surface area (Å²) in [5.74, 6) is 1.31. The lowest BCUT2D eigenvalue weighted by Gasteiger charge is -2.28. The predicted molar refractivity (Wildman–Crippen MR) is 111 cm³/mol. The quantitative estimate of drug-likeness (QED) is 0.729. The van der Waals surface area contributed by atoms with Gasteiger partial charge < -0.3 is 25.8 Å². The van der Waals surface area contributed by atoms with Crippen LogP contribution < -0.4 is 16.0 Å². The monoisotopic (exact) mass is 383 g/mol. The highest BCUT2D eigenvalue weighted by atomic mass is 16.5. The molecule has 0 spiro atoms. The predicted octanol–water partition coefficient (Wildman–Crippen LogP) is 2.34. The topological polar surface area (TPSA) is 96.5 Å². The number of hydrogen-bond donors (Lipinski definition) is 3. The molecule has 7 heteroatoms. The van der Waals surface area contributed by atoms with Crippen molar-refractivity contribution >= 4 is 11.8 Å². The Morgan fingerprint density at radius 3 is 2.79 bits per heavy atom. The number of piperidine rings is 1. The summed E-state index contributed by atoms with van der Waals surface area (Å²) >= 11 is 0. The zero-order valence-electron chi connectivity index (χ0n) is 16.2. The number of nitrogen functional groups attached to an aromatic ring is 1. The Kier molecular flexibility index (Phi) is 5.92. The zero-order chi connectivity index (χ0) is 19.3. The van der Waals surface area contributed by atoms with Gasteiger partial charge in [0.05, 0.1) is 18.9 Å². The van der Waals surface area contributed by atoms with Crippen molar-refractivity contribution in [1.29, 1.82) is 0 Å². The van der Waals surface area contributed by atoms with Crippen molar-refractivity contribution in [3.63, 3.8) is 0 Å². The molecule has 2 saturated heterocycles. The average Bonchev–Trinajstić information content (AvgIpc) is 2.73. The molecule has 7 nitrogen and oxygen atoms in total. The van der Waals surface area contributed by atoms with Gasteiger partial charge in [0.1, 0.15) is 11.6 Å². The Hall–Kier alpha value is -2.38. The minimum Gasteiger partial charge on any atom is -0.508 e. The second kappa shape index (κ2) is 8.75. The summed E-state index contributed by atoms with van der Waals surface area (Å²) in [6.07, 6.45) is 5.81. The van der Waals surface area contributed by atoms with Gasteiger partial charge in [-0.25, -0.2) is 4.98 Å². The van der Waals surface area contributed by atoms with Crippen LogP contribution in [0.2, 0.25) is 0 Å². The third-order valence-corrected chi connectivity index (χ3v) is 5.53. The van der Waals surface area contributed by atoms with Crippen molar-refractivity contribution in [2.24, 2.45) is 0 Å². The number of phenolic OH excluding ortho intramolecular Hbond substituents is 1. The maximum Gasteiger partial charge on any atom is 0.222 e. The van der Waals surface area contributed by atoms with Gasteiger partial charge >= 0.3 is 0 Å². The van der Waals surface area contributed by atoms with E-state index >= 15 is 0 Å². The second-order valence-electron chi connectivity index (χ2n) is 7.64. The molecule has 0 amide bonds. The van der Waals surface area contributed by atoms with Gasteiger partial charge in [-0.05, 0) is 56.0 Å². The lowest BCUT2D eigenvalue weighted by atomic mass is 9.96. The van der Waals surface area contributed by atoms with E-state index in [2.05, 4.69) is 26.3 Å². The molecule has 2 aliphatic rings. The first-order chi connectivity index (χ1) is 13.7. The molecule has 1 aromatic carbocycles. The Bertz CT molecular complexity index is 801. The van der Waals surface area contributed by atoms with Crippen molar-refractivity contribution in [1.82, 2.24) is 15.3 Å². The van der Waals surface area contributed by atoms with E-state index < -0.39 is 0 Å². The van der Waals surface area contributed by atoms with Gasteiger partial charge in [0.15, 0.2) is 0 Å². The van der Waals surface area contributed by atoms with Crippen LogP contribution in [0, 0.1) is 0 Å². The van der Waals surface area contributed by atoms with Crippen LogP contribution in [-0.2, 0) is 11.2 Å². The van der Waals surface area contributed by atoms with E-state index in [9.17, 15) is 5.11 Å². The maximum atomic E-state index is 10.3. The summed E-state index contributed by atoms with van der Waals surface area (Å²) in [5, 5.41) is 13.8. The van der Waals surface area contributed by atoms with Crippen LogP contribution in [0.15, 0.2) is 24.3 Å². The van der Waals surface area contributed by atoms with Crippen LogP contribution >= 0.6 is 0 Å². The SMILES string of the molecule is Nc1nc(-c2cc(O)cc(CC[C@H]3CCCCN3)c2)cc(N2CCOCC2)n1. The number of nitrogens with one attached hydrogen (secondary N) is 1. The molecule has 1 atom stereocenters. The standard InChI is InChI=1S/C21H29N5O2/c22-21-24-19(14-20(25-21)26-7-9-28-10-8-26)16-11-15(12-18(27)13-16)4-5-17-3-1-2-6-23-17/h11-14,17,23,27H,1-10H2,(H2,22,24,25)/t17-/m1/s1. The molecule has 2 aliphatic heterocycles. The summed E-state index contributed by atoms with van der Waals surface area (Å²) in [4.78, 5) is 11.0. The number of anilines is 2. The normalized spacial score (nSPS) is 20.3. The number of aromatic nitrogens is 2. The minimum absolute atomic E-state index is 0.246. The summed E-state index contributed by atoms with van der Waals surface area (Å²) in [6, 6.07) is 8.21. The first-order valence-electron chi connectivity index (χ1n) is 10.2. The van der Waals surface area contributed by atoms with Crippen LogP contribution in [0.3, 0.4) is 0 Å². The highest BCUT2D eigenvalue weighted by Crippen LogP contribution is 2.28. The number of morpholine rings is 1. The zero-order valence-corrected chi connectivity index (χ0v) is 16.2. The van der Waals surface area contributed by atoms with E-state index in [0.29, 0.717) is 19.3 Å². The lowest BCUT2D eigenvalue weighted by Crippen LogP contribution is -2.36. The van der Waals surface area contributed by atoms with Crippen LogP contribution in [0.4, 0.5) is 11.8 Å². The van der Waals surface area contributed by atoms with Crippen molar-refractivity contribution in [2.45, 2.75) is 38.1 Å². The van der Waals surface area contributed by atoms with Crippen molar-refractivity contribution in [3.8, 4) is 17.0 Å². The number of phenols is 1. The molecule has 0 unspecified atom stereocenters. The number of aromatic hydroxyl groups is 1. The van der Waals surface area contributed by atoms with Gasteiger partial charge in [0, 0.05) is 30.8 Å². The molecule has 1 aromatic heterocycles. The van der Waals surface area contributed by atoms with Crippen LogP contribution in [-0.4, -0.2) is 54.0 Å². The maximum absolute atomic E-state index is 10.3. The highest BCUT2D eigenvalue weighted by molar-refractivity contribution is 5.67. The number of nitrogens with zero attached hydrogens (tertiary/aromatic N) is 3. The third-order valence-electron chi connectivity index (χ3n) is 5.53. The first kappa shape index (κ1) is 19.0. The fourth-order valence-corrected chi connectivity index (χ4v) is 4.03. The van der Waals surface area contributed by atoms with Gasteiger partial charge in [0.25, 0.3) is 0 Å².